The van der Waals surface area contributed by atoms with E-state index in [-0.39, 0.29) is 12.1 Å². The van der Waals surface area contributed by atoms with Crippen molar-refractivity contribution < 1.29 is 0 Å². The molecule has 0 saturated carbocycles. The van der Waals surface area contributed by atoms with Gasteiger partial charge in [0.15, 0.2) is 0 Å². The van der Waals surface area contributed by atoms with E-state index in [0.29, 0.717) is 6.04 Å². The summed E-state index contributed by atoms with van der Waals surface area (Å²) in [6, 6.07) is 7.12. The van der Waals surface area contributed by atoms with Crippen LogP contribution in [0.1, 0.15) is 38.4 Å². The average molecular weight is 219 g/mol. The third kappa shape index (κ3) is 2.25. The van der Waals surface area contributed by atoms with Gasteiger partial charge in [0.1, 0.15) is 0 Å². The maximum atomic E-state index is 6.26. The molecule has 0 spiro atoms. The van der Waals surface area contributed by atoms with Gasteiger partial charge in [0.2, 0.25) is 0 Å². The van der Waals surface area contributed by atoms with Gasteiger partial charge in [-0.2, -0.15) is 0 Å². The van der Waals surface area contributed by atoms with Crippen molar-refractivity contribution in [1.29, 1.82) is 0 Å². The molecule has 3 nitrogen and oxygen atoms in total. The first-order valence-electron chi connectivity index (χ1n) is 6.12. The quantitative estimate of drug-likeness (QED) is 0.826. The molecule has 0 bridgehead atoms. The molecular weight excluding hydrogens is 198 g/mol. The van der Waals surface area contributed by atoms with Crippen molar-refractivity contribution in [1.82, 2.24) is 9.88 Å². The molecule has 3 heteroatoms. The Kier molecular flexibility index (Phi) is 3.56. The number of piperidine rings is 1. The summed E-state index contributed by atoms with van der Waals surface area (Å²) in [5.74, 6) is 0. The van der Waals surface area contributed by atoms with Crippen LogP contribution in [-0.4, -0.2) is 28.5 Å². The minimum Gasteiger partial charge on any atom is -0.326 e. The Balaban J connectivity index is 2.26. The van der Waals surface area contributed by atoms with Gasteiger partial charge in [0.25, 0.3) is 0 Å². The summed E-state index contributed by atoms with van der Waals surface area (Å²) in [7, 11) is 0. The molecule has 1 saturated heterocycles. The number of hydrogen-bond donors (Lipinski definition) is 1. The first kappa shape index (κ1) is 11.6. The maximum Gasteiger partial charge on any atom is 0.0675 e. The van der Waals surface area contributed by atoms with Crippen molar-refractivity contribution in [3.63, 3.8) is 0 Å². The summed E-state index contributed by atoms with van der Waals surface area (Å²) in [4.78, 5) is 6.93. The molecule has 2 heterocycles. The second-order valence-corrected chi connectivity index (χ2v) is 4.84. The molecule has 0 amide bonds. The van der Waals surface area contributed by atoms with E-state index in [1.807, 2.05) is 18.3 Å². The fourth-order valence-electron chi connectivity index (χ4n) is 2.57. The number of aromatic nitrogens is 1. The third-order valence-electron chi connectivity index (χ3n) is 3.37. The Hall–Kier alpha value is -0.930. The number of rotatable bonds is 2. The van der Waals surface area contributed by atoms with Crippen LogP contribution in [0.3, 0.4) is 0 Å². The zero-order valence-corrected chi connectivity index (χ0v) is 10.1. The summed E-state index contributed by atoms with van der Waals surface area (Å²) in [5, 5.41) is 0. The van der Waals surface area contributed by atoms with Crippen LogP contribution in [0.15, 0.2) is 24.4 Å². The van der Waals surface area contributed by atoms with Gasteiger partial charge >= 0.3 is 0 Å². The molecule has 2 N–H and O–H groups in total. The fraction of sp³-hybridized carbons (Fsp3) is 0.615. The van der Waals surface area contributed by atoms with Gasteiger partial charge in [0.05, 0.1) is 11.7 Å². The Morgan fingerprint density at radius 1 is 1.44 bits per heavy atom. The molecule has 0 aromatic carbocycles. The monoisotopic (exact) mass is 219 g/mol. The predicted molar refractivity (Wildman–Crippen MR) is 66.0 cm³/mol. The number of nitrogens with zero attached hydrogens (tertiary/aromatic N) is 2. The van der Waals surface area contributed by atoms with E-state index >= 15 is 0 Å². The van der Waals surface area contributed by atoms with E-state index in [1.165, 1.54) is 6.42 Å². The Morgan fingerprint density at radius 2 is 2.25 bits per heavy atom. The van der Waals surface area contributed by atoms with Crippen LogP contribution in [0.5, 0.6) is 0 Å². The van der Waals surface area contributed by atoms with E-state index in [2.05, 4.69) is 29.8 Å². The molecule has 1 aliphatic heterocycles. The zero-order chi connectivity index (χ0) is 11.5. The number of hydrogen-bond acceptors (Lipinski definition) is 3. The highest BCUT2D eigenvalue weighted by Crippen LogP contribution is 2.30. The van der Waals surface area contributed by atoms with Crippen LogP contribution in [0, 0.1) is 0 Å². The van der Waals surface area contributed by atoms with Crippen LogP contribution >= 0.6 is 0 Å². The van der Waals surface area contributed by atoms with E-state index in [0.717, 1.165) is 18.7 Å². The second-order valence-electron chi connectivity index (χ2n) is 4.84. The predicted octanol–water partition coefficient (Wildman–Crippen LogP) is 1.95. The summed E-state index contributed by atoms with van der Waals surface area (Å²) >= 11 is 0. The Labute approximate surface area is 97.7 Å². The molecule has 2 atom stereocenters. The van der Waals surface area contributed by atoms with Crippen molar-refractivity contribution in [2.75, 3.05) is 6.54 Å². The molecular formula is C13H21N3. The lowest BCUT2D eigenvalue weighted by Gasteiger charge is -2.41. The zero-order valence-electron chi connectivity index (χ0n) is 10.1. The largest absolute Gasteiger partial charge is 0.326 e. The molecule has 2 unspecified atom stereocenters. The number of likely N-dealkylation sites (tertiary alicyclic amines) is 1. The van der Waals surface area contributed by atoms with Gasteiger partial charge in [-0.1, -0.05) is 6.07 Å². The lowest BCUT2D eigenvalue weighted by atomic mass is 9.93. The highest BCUT2D eigenvalue weighted by atomic mass is 15.2. The molecule has 0 radical (unpaired) electrons. The minimum absolute atomic E-state index is 0.214. The fourth-order valence-corrected chi connectivity index (χ4v) is 2.57. The SMILES string of the molecule is CC(C)N1CCCC(N)C1c1ccccn1. The van der Waals surface area contributed by atoms with Gasteiger partial charge in [0, 0.05) is 18.3 Å². The summed E-state index contributed by atoms with van der Waals surface area (Å²) in [6.07, 6.45) is 4.16. The van der Waals surface area contributed by atoms with Crippen LogP contribution in [0.2, 0.25) is 0 Å². The Bertz CT molecular complexity index is 323. The maximum absolute atomic E-state index is 6.26. The first-order chi connectivity index (χ1) is 7.70. The molecule has 1 aromatic rings. The second kappa shape index (κ2) is 4.93. The normalized spacial score (nSPS) is 27.2. The summed E-state index contributed by atoms with van der Waals surface area (Å²) in [5.41, 5.74) is 7.37. The van der Waals surface area contributed by atoms with E-state index in [4.69, 9.17) is 5.73 Å². The molecule has 1 aromatic heterocycles. The van der Waals surface area contributed by atoms with E-state index in [9.17, 15) is 0 Å². The van der Waals surface area contributed by atoms with E-state index in [1.54, 1.807) is 0 Å². The molecule has 1 fully saturated rings. The van der Waals surface area contributed by atoms with Crippen molar-refractivity contribution in [3.8, 4) is 0 Å². The van der Waals surface area contributed by atoms with Crippen LogP contribution in [-0.2, 0) is 0 Å². The van der Waals surface area contributed by atoms with Gasteiger partial charge in [-0.05, 0) is 45.4 Å². The Morgan fingerprint density at radius 3 is 2.88 bits per heavy atom. The van der Waals surface area contributed by atoms with Crippen LogP contribution < -0.4 is 5.73 Å². The highest BCUT2D eigenvalue weighted by Gasteiger charge is 2.32. The first-order valence-corrected chi connectivity index (χ1v) is 6.12. The number of pyridine rings is 1. The van der Waals surface area contributed by atoms with E-state index < -0.39 is 0 Å². The van der Waals surface area contributed by atoms with Crippen molar-refractivity contribution >= 4 is 0 Å². The standard InChI is InChI=1S/C13H21N3/c1-10(2)16-9-5-6-11(14)13(16)12-7-3-4-8-15-12/h3-4,7-8,10-11,13H,5-6,9,14H2,1-2H3. The van der Waals surface area contributed by atoms with Crippen molar-refractivity contribution in [2.45, 2.75) is 44.8 Å². The smallest absolute Gasteiger partial charge is 0.0675 e. The van der Waals surface area contributed by atoms with Crippen molar-refractivity contribution in [2.24, 2.45) is 5.73 Å². The topological polar surface area (TPSA) is 42.1 Å². The molecule has 16 heavy (non-hydrogen) atoms. The van der Waals surface area contributed by atoms with Gasteiger partial charge in [-0.15, -0.1) is 0 Å². The summed E-state index contributed by atoms with van der Waals surface area (Å²) in [6.45, 7) is 5.59. The van der Waals surface area contributed by atoms with Crippen LogP contribution in [0.25, 0.3) is 0 Å². The molecule has 1 aliphatic rings. The van der Waals surface area contributed by atoms with Crippen LogP contribution in [0.4, 0.5) is 0 Å². The van der Waals surface area contributed by atoms with Gasteiger partial charge in [-0.25, -0.2) is 0 Å². The lowest BCUT2D eigenvalue weighted by Crippen LogP contribution is -2.48. The summed E-state index contributed by atoms with van der Waals surface area (Å²) < 4.78 is 0. The van der Waals surface area contributed by atoms with Gasteiger partial charge < -0.3 is 5.73 Å². The molecule has 88 valence electrons. The molecule has 0 aliphatic carbocycles. The average Bonchev–Trinajstić information content (AvgIpc) is 2.29. The lowest BCUT2D eigenvalue weighted by molar-refractivity contribution is 0.0920. The highest BCUT2D eigenvalue weighted by molar-refractivity contribution is 5.12. The van der Waals surface area contributed by atoms with Gasteiger partial charge in [-0.3, -0.25) is 9.88 Å². The van der Waals surface area contributed by atoms with Crippen molar-refractivity contribution in [3.05, 3.63) is 30.1 Å². The number of nitrogens with two attached hydrogens (primary N) is 1. The molecule has 2 rings (SSSR count). The third-order valence-corrected chi connectivity index (χ3v) is 3.37. The minimum atomic E-state index is 0.214.